The van der Waals surface area contributed by atoms with Gasteiger partial charge >= 0.3 is 0 Å². The fourth-order valence-corrected chi connectivity index (χ4v) is 3.22. The molecule has 1 heterocycles. The Morgan fingerprint density at radius 1 is 1.35 bits per heavy atom. The van der Waals surface area contributed by atoms with Crippen LogP contribution in [0.2, 0.25) is 5.02 Å². The quantitative estimate of drug-likeness (QED) is 0.596. The number of nitrogens with zero attached hydrogens (tertiary/aromatic N) is 1. The molecule has 0 fully saturated rings. The molecule has 1 aromatic heterocycles. The number of benzene rings is 1. The molecule has 0 aliphatic heterocycles. The third-order valence-electron chi connectivity index (χ3n) is 3.86. The van der Waals surface area contributed by atoms with Crippen LogP contribution in [0.5, 0.6) is 0 Å². The zero-order chi connectivity index (χ0) is 14.1. The van der Waals surface area contributed by atoms with Crippen LogP contribution in [0.3, 0.4) is 0 Å². The lowest BCUT2D eigenvalue weighted by molar-refractivity contribution is 0.620. The van der Waals surface area contributed by atoms with Gasteiger partial charge in [-0.2, -0.15) is 0 Å². The van der Waals surface area contributed by atoms with Gasteiger partial charge in [-0.25, -0.2) is 4.39 Å². The van der Waals surface area contributed by atoms with Crippen molar-refractivity contribution in [3.63, 3.8) is 0 Å². The maximum atomic E-state index is 13.6. The van der Waals surface area contributed by atoms with Crippen LogP contribution in [-0.2, 0) is 6.54 Å². The number of nitrogens with one attached hydrogen (secondary N) is 1. The average molecular weight is 311 g/mol. The van der Waals surface area contributed by atoms with Gasteiger partial charge < -0.3 is 9.55 Å². The van der Waals surface area contributed by atoms with Gasteiger partial charge in [0.1, 0.15) is 5.82 Å². The lowest BCUT2D eigenvalue weighted by Crippen LogP contribution is -2.01. The molecule has 1 aliphatic carbocycles. The van der Waals surface area contributed by atoms with Crippen molar-refractivity contribution in [3.8, 4) is 0 Å². The minimum Gasteiger partial charge on any atom is -0.331 e. The highest BCUT2D eigenvalue weighted by atomic mass is 35.5. The SMILES string of the molecule is Fc1cc2c(cc1Cl)[nH]c(=S)n2CCC1=CCCCC1. The lowest BCUT2D eigenvalue weighted by atomic mass is 9.97. The van der Waals surface area contributed by atoms with E-state index in [1.807, 2.05) is 4.57 Å². The second kappa shape index (κ2) is 5.70. The Morgan fingerprint density at radius 2 is 2.20 bits per heavy atom. The van der Waals surface area contributed by atoms with E-state index < -0.39 is 5.82 Å². The van der Waals surface area contributed by atoms with E-state index in [4.69, 9.17) is 23.8 Å². The van der Waals surface area contributed by atoms with Gasteiger partial charge in [0.25, 0.3) is 0 Å². The molecule has 0 unspecified atom stereocenters. The summed E-state index contributed by atoms with van der Waals surface area (Å²) in [7, 11) is 0. The van der Waals surface area contributed by atoms with Gasteiger partial charge in [0.2, 0.25) is 0 Å². The molecule has 0 radical (unpaired) electrons. The molecule has 3 rings (SSSR count). The topological polar surface area (TPSA) is 20.7 Å². The standard InChI is InChI=1S/C15H16ClFN2S/c16-11-8-13-14(9-12(11)17)19(15(20)18-13)7-6-10-4-2-1-3-5-10/h4,8-9H,1-3,5-7H2,(H,18,20). The second-order valence-corrected chi connectivity index (χ2v) is 6.02. The van der Waals surface area contributed by atoms with E-state index in [1.54, 1.807) is 6.07 Å². The highest BCUT2D eigenvalue weighted by molar-refractivity contribution is 7.71. The summed E-state index contributed by atoms with van der Waals surface area (Å²) in [6, 6.07) is 3.05. The van der Waals surface area contributed by atoms with Crippen molar-refractivity contribution >= 4 is 34.9 Å². The Balaban J connectivity index is 1.90. The number of aryl methyl sites for hydroxylation is 1. The number of hydrogen-bond acceptors (Lipinski definition) is 1. The molecule has 106 valence electrons. The molecule has 1 aliphatic rings. The molecular weight excluding hydrogens is 295 g/mol. The average Bonchev–Trinajstić information content (AvgIpc) is 2.73. The van der Waals surface area contributed by atoms with Crippen LogP contribution in [0, 0.1) is 10.6 Å². The van der Waals surface area contributed by atoms with Crippen molar-refractivity contribution in [1.82, 2.24) is 9.55 Å². The summed E-state index contributed by atoms with van der Waals surface area (Å²) in [4.78, 5) is 3.09. The van der Waals surface area contributed by atoms with E-state index >= 15 is 0 Å². The highest BCUT2D eigenvalue weighted by Gasteiger charge is 2.10. The van der Waals surface area contributed by atoms with Crippen LogP contribution < -0.4 is 0 Å². The van der Waals surface area contributed by atoms with Crippen molar-refractivity contribution in [2.45, 2.75) is 38.6 Å². The fraction of sp³-hybridized carbons (Fsp3) is 0.400. The fourth-order valence-electron chi connectivity index (χ4n) is 2.76. The van der Waals surface area contributed by atoms with Gasteiger partial charge in [-0.1, -0.05) is 23.3 Å². The Morgan fingerprint density at radius 3 is 2.95 bits per heavy atom. The van der Waals surface area contributed by atoms with Crippen LogP contribution in [-0.4, -0.2) is 9.55 Å². The molecule has 0 saturated heterocycles. The number of allylic oxidation sites excluding steroid dienone is 2. The maximum absolute atomic E-state index is 13.6. The number of hydrogen-bond donors (Lipinski definition) is 1. The largest absolute Gasteiger partial charge is 0.331 e. The van der Waals surface area contributed by atoms with Gasteiger partial charge in [-0.15, -0.1) is 0 Å². The van der Waals surface area contributed by atoms with Gasteiger partial charge in [0.05, 0.1) is 16.1 Å². The smallest absolute Gasteiger partial charge is 0.178 e. The molecule has 0 saturated carbocycles. The van der Waals surface area contributed by atoms with Crippen molar-refractivity contribution in [3.05, 3.63) is 39.4 Å². The van der Waals surface area contributed by atoms with Crippen LogP contribution in [0.1, 0.15) is 32.1 Å². The van der Waals surface area contributed by atoms with Gasteiger partial charge in [0.15, 0.2) is 4.77 Å². The first-order valence-corrected chi connectivity index (χ1v) is 7.69. The van der Waals surface area contributed by atoms with E-state index in [0.717, 1.165) is 24.0 Å². The van der Waals surface area contributed by atoms with Crippen molar-refractivity contribution in [2.24, 2.45) is 0 Å². The minimum absolute atomic E-state index is 0.121. The Labute approximate surface area is 127 Å². The van der Waals surface area contributed by atoms with Crippen LogP contribution in [0.15, 0.2) is 23.8 Å². The van der Waals surface area contributed by atoms with Crippen molar-refractivity contribution in [1.29, 1.82) is 0 Å². The molecule has 0 spiro atoms. The van der Waals surface area contributed by atoms with E-state index in [2.05, 4.69) is 11.1 Å². The molecule has 0 amide bonds. The first-order chi connectivity index (χ1) is 9.65. The molecular formula is C15H16ClFN2S. The monoisotopic (exact) mass is 310 g/mol. The van der Waals surface area contributed by atoms with Crippen molar-refractivity contribution in [2.75, 3.05) is 0 Å². The Hall–Kier alpha value is -1.13. The first kappa shape index (κ1) is 13.8. The van der Waals surface area contributed by atoms with Crippen LogP contribution in [0.4, 0.5) is 4.39 Å². The van der Waals surface area contributed by atoms with E-state index in [1.165, 1.54) is 37.3 Å². The Bertz CT molecular complexity index is 729. The van der Waals surface area contributed by atoms with Gasteiger partial charge in [0, 0.05) is 12.6 Å². The number of halogens is 2. The summed E-state index contributed by atoms with van der Waals surface area (Å²) in [6.07, 6.45) is 8.23. The van der Waals surface area contributed by atoms with E-state index in [-0.39, 0.29) is 5.02 Å². The van der Waals surface area contributed by atoms with E-state index in [9.17, 15) is 4.39 Å². The summed E-state index contributed by atoms with van der Waals surface area (Å²) in [5.41, 5.74) is 3.06. The molecule has 2 aromatic rings. The second-order valence-electron chi connectivity index (χ2n) is 5.22. The number of fused-ring (bicyclic) bond motifs is 1. The van der Waals surface area contributed by atoms with Gasteiger partial charge in [-0.05, 0) is 50.4 Å². The number of aromatic amines is 1. The summed E-state index contributed by atoms with van der Waals surface area (Å²) >= 11 is 11.1. The molecule has 1 aromatic carbocycles. The third kappa shape index (κ3) is 2.67. The zero-order valence-corrected chi connectivity index (χ0v) is 12.7. The normalized spacial score (nSPS) is 15.6. The lowest BCUT2D eigenvalue weighted by Gasteiger charge is -2.13. The zero-order valence-electron chi connectivity index (χ0n) is 11.1. The number of aromatic nitrogens is 2. The number of H-pyrrole nitrogens is 1. The summed E-state index contributed by atoms with van der Waals surface area (Å²) in [5.74, 6) is -0.404. The maximum Gasteiger partial charge on any atom is 0.178 e. The molecule has 0 atom stereocenters. The van der Waals surface area contributed by atoms with Crippen LogP contribution in [0.25, 0.3) is 11.0 Å². The summed E-state index contributed by atoms with van der Waals surface area (Å²) in [5, 5.41) is 0.121. The van der Waals surface area contributed by atoms with Crippen molar-refractivity contribution < 1.29 is 4.39 Å². The molecule has 20 heavy (non-hydrogen) atoms. The van der Waals surface area contributed by atoms with Crippen LogP contribution >= 0.6 is 23.8 Å². The predicted octanol–water partition coefficient (Wildman–Crippen LogP) is 5.38. The minimum atomic E-state index is -0.404. The van der Waals surface area contributed by atoms with E-state index in [0.29, 0.717) is 4.77 Å². The Kier molecular flexibility index (Phi) is 3.94. The first-order valence-electron chi connectivity index (χ1n) is 6.90. The molecule has 5 heteroatoms. The third-order valence-corrected chi connectivity index (χ3v) is 4.47. The highest BCUT2D eigenvalue weighted by Crippen LogP contribution is 2.25. The number of imidazole rings is 1. The number of rotatable bonds is 3. The van der Waals surface area contributed by atoms with Gasteiger partial charge in [-0.3, -0.25) is 0 Å². The molecule has 0 bridgehead atoms. The predicted molar refractivity (Wildman–Crippen MR) is 83.3 cm³/mol. The summed E-state index contributed by atoms with van der Waals surface area (Å²) in [6.45, 7) is 0.783. The molecule has 1 N–H and O–H groups in total. The summed E-state index contributed by atoms with van der Waals surface area (Å²) < 4.78 is 16.2. The molecule has 2 nitrogen and oxygen atoms in total.